The van der Waals surface area contributed by atoms with Crippen LogP contribution in [0.2, 0.25) is 0 Å². The number of likely N-dealkylation sites (tertiary alicyclic amines) is 2. The van der Waals surface area contributed by atoms with Gasteiger partial charge in [0.2, 0.25) is 5.91 Å². The Bertz CT molecular complexity index is 761. The molecule has 0 spiro atoms. The molecule has 176 valence electrons. The first-order valence-electron chi connectivity index (χ1n) is 12.9. The van der Waals surface area contributed by atoms with Crippen molar-refractivity contribution in [3.05, 3.63) is 35.4 Å². The zero-order chi connectivity index (χ0) is 21.9. The van der Waals surface area contributed by atoms with Crippen molar-refractivity contribution in [2.24, 2.45) is 17.8 Å². The van der Waals surface area contributed by atoms with Crippen molar-refractivity contribution in [1.29, 1.82) is 0 Å². The summed E-state index contributed by atoms with van der Waals surface area (Å²) in [6, 6.07) is 10.1. The first-order valence-corrected chi connectivity index (χ1v) is 12.9. The molecule has 4 aliphatic rings. The lowest BCUT2D eigenvalue weighted by molar-refractivity contribution is -0.137. The van der Waals surface area contributed by atoms with Crippen molar-refractivity contribution in [2.75, 3.05) is 53.1 Å². The third-order valence-electron chi connectivity index (χ3n) is 8.69. The van der Waals surface area contributed by atoms with Crippen LogP contribution in [0.5, 0.6) is 0 Å². The predicted octanol–water partition coefficient (Wildman–Crippen LogP) is 3.72. The first kappa shape index (κ1) is 22.4. The van der Waals surface area contributed by atoms with Crippen LogP contribution in [0, 0.1) is 17.8 Å². The normalized spacial score (nSPS) is 31.3. The first-order chi connectivity index (χ1) is 15.7. The fourth-order valence-electron chi connectivity index (χ4n) is 6.84. The lowest BCUT2D eigenvalue weighted by atomic mass is 9.86. The quantitative estimate of drug-likeness (QED) is 0.648. The Morgan fingerprint density at radius 2 is 1.88 bits per heavy atom. The average Bonchev–Trinajstić information content (AvgIpc) is 3.55. The van der Waals surface area contributed by atoms with Gasteiger partial charge in [-0.1, -0.05) is 24.3 Å². The van der Waals surface area contributed by atoms with Gasteiger partial charge in [-0.2, -0.15) is 0 Å². The topological polar surface area (TPSA) is 42.0 Å². The van der Waals surface area contributed by atoms with E-state index in [0.717, 1.165) is 58.7 Å². The lowest BCUT2D eigenvalue weighted by Gasteiger charge is -2.27. The van der Waals surface area contributed by atoms with Gasteiger partial charge in [-0.25, -0.2) is 0 Å². The van der Waals surface area contributed by atoms with Gasteiger partial charge in [0.1, 0.15) is 0 Å². The Labute approximate surface area is 193 Å². The Kier molecular flexibility index (Phi) is 7.15. The summed E-state index contributed by atoms with van der Waals surface area (Å²) in [4.78, 5) is 17.8. The van der Waals surface area contributed by atoms with Crippen LogP contribution in [-0.2, 0) is 20.7 Å². The highest BCUT2D eigenvalue weighted by Crippen LogP contribution is 2.48. The van der Waals surface area contributed by atoms with Crippen molar-refractivity contribution in [1.82, 2.24) is 9.80 Å². The molecule has 5 heteroatoms. The SMILES string of the molecule is COC[C@@H]1CCCN1CCc1ccc([C@@H]2CC[C@@H]3CN(C(=O)C4CCOCC4)C[C@@H]32)cc1. The number of amides is 1. The fourth-order valence-corrected chi connectivity index (χ4v) is 6.84. The minimum atomic E-state index is 0.194. The fraction of sp³-hybridized carbons (Fsp3) is 0.741. The molecule has 3 heterocycles. The number of rotatable bonds is 7. The molecular weight excluding hydrogens is 400 g/mol. The van der Waals surface area contributed by atoms with Crippen LogP contribution in [0.15, 0.2) is 24.3 Å². The molecule has 5 rings (SSSR count). The van der Waals surface area contributed by atoms with E-state index in [1.165, 1.54) is 43.4 Å². The van der Waals surface area contributed by atoms with E-state index in [2.05, 4.69) is 34.1 Å². The molecule has 1 amide bonds. The molecule has 5 nitrogen and oxygen atoms in total. The summed E-state index contributed by atoms with van der Waals surface area (Å²) in [6.07, 6.45) is 8.03. The lowest BCUT2D eigenvalue weighted by Crippen LogP contribution is -2.37. The van der Waals surface area contributed by atoms with Crippen molar-refractivity contribution in [3.8, 4) is 0 Å². The van der Waals surface area contributed by atoms with E-state index in [0.29, 0.717) is 29.7 Å². The number of hydrogen-bond donors (Lipinski definition) is 0. The molecule has 1 aromatic rings. The number of fused-ring (bicyclic) bond motifs is 1. The summed E-state index contributed by atoms with van der Waals surface area (Å²) in [7, 11) is 1.81. The zero-order valence-corrected chi connectivity index (χ0v) is 19.7. The van der Waals surface area contributed by atoms with Crippen molar-refractivity contribution in [2.45, 2.75) is 56.9 Å². The van der Waals surface area contributed by atoms with E-state index in [1.54, 1.807) is 0 Å². The van der Waals surface area contributed by atoms with Crippen LogP contribution in [0.1, 0.15) is 55.6 Å². The van der Waals surface area contributed by atoms with E-state index >= 15 is 0 Å². The van der Waals surface area contributed by atoms with Gasteiger partial charge in [-0.15, -0.1) is 0 Å². The molecule has 1 saturated carbocycles. The maximum atomic E-state index is 13.0. The zero-order valence-electron chi connectivity index (χ0n) is 19.7. The Morgan fingerprint density at radius 3 is 2.66 bits per heavy atom. The predicted molar refractivity (Wildman–Crippen MR) is 126 cm³/mol. The number of ether oxygens (including phenoxy) is 2. The summed E-state index contributed by atoms with van der Waals surface area (Å²) in [6.45, 7) is 6.63. The highest BCUT2D eigenvalue weighted by atomic mass is 16.5. The molecule has 3 aliphatic heterocycles. The molecule has 4 atom stereocenters. The molecule has 1 aliphatic carbocycles. The van der Waals surface area contributed by atoms with Gasteiger partial charge < -0.3 is 14.4 Å². The minimum Gasteiger partial charge on any atom is -0.383 e. The largest absolute Gasteiger partial charge is 0.383 e. The van der Waals surface area contributed by atoms with Crippen molar-refractivity contribution >= 4 is 5.91 Å². The van der Waals surface area contributed by atoms with Crippen LogP contribution >= 0.6 is 0 Å². The van der Waals surface area contributed by atoms with Gasteiger partial charge >= 0.3 is 0 Å². The number of benzene rings is 1. The van der Waals surface area contributed by atoms with Crippen LogP contribution in [0.3, 0.4) is 0 Å². The number of carbonyl (C=O) groups excluding carboxylic acids is 1. The Balaban J connectivity index is 1.15. The van der Waals surface area contributed by atoms with Gasteiger partial charge in [0.05, 0.1) is 6.61 Å². The van der Waals surface area contributed by atoms with Crippen LogP contribution in [-0.4, -0.2) is 74.9 Å². The van der Waals surface area contributed by atoms with E-state index in [4.69, 9.17) is 9.47 Å². The minimum absolute atomic E-state index is 0.194. The summed E-state index contributed by atoms with van der Waals surface area (Å²) < 4.78 is 10.9. The second-order valence-corrected chi connectivity index (χ2v) is 10.5. The molecule has 1 aromatic carbocycles. The van der Waals surface area contributed by atoms with Crippen molar-refractivity contribution < 1.29 is 14.3 Å². The second-order valence-electron chi connectivity index (χ2n) is 10.5. The van der Waals surface area contributed by atoms with Gasteiger partial charge in [0.25, 0.3) is 0 Å². The molecule has 3 saturated heterocycles. The number of nitrogens with zero attached hydrogens (tertiary/aromatic N) is 2. The van der Waals surface area contributed by atoms with E-state index in [9.17, 15) is 4.79 Å². The third-order valence-corrected chi connectivity index (χ3v) is 8.69. The Morgan fingerprint density at radius 1 is 1.06 bits per heavy atom. The van der Waals surface area contributed by atoms with Gasteiger partial charge in [-0.3, -0.25) is 9.69 Å². The summed E-state index contributed by atoms with van der Waals surface area (Å²) in [5.41, 5.74) is 2.93. The van der Waals surface area contributed by atoms with E-state index in [-0.39, 0.29) is 5.92 Å². The molecular formula is C27H40N2O3. The molecule has 0 unspecified atom stereocenters. The van der Waals surface area contributed by atoms with E-state index < -0.39 is 0 Å². The summed E-state index contributed by atoms with van der Waals surface area (Å²) in [5, 5.41) is 0. The molecule has 0 bridgehead atoms. The van der Waals surface area contributed by atoms with Gasteiger partial charge in [0.15, 0.2) is 0 Å². The van der Waals surface area contributed by atoms with Crippen LogP contribution in [0.4, 0.5) is 0 Å². The monoisotopic (exact) mass is 440 g/mol. The molecule has 0 aromatic heterocycles. The maximum absolute atomic E-state index is 13.0. The second kappa shape index (κ2) is 10.2. The van der Waals surface area contributed by atoms with Crippen LogP contribution < -0.4 is 0 Å². The average molecular weight is 441 g/mol. The molecule has 0 radical (unpaired) electrons. The summed E-state index contributed by atoms with van der Waals surface area (Å²) in [5.74, 6) is 2.54. The van der Waals surface area contributed by atoms with Crippen LogP contribution in [0.25, 0.3) is 0 Å². The number of methoxy groups -OCH3 is 1. The summed E-state index contributed by atoms with van der Waals surface area (Å²) >= 11 is 0. The Hall–Kier alpha value is -1.43. The van der Waals surface area contributed by atoms with Gasteiger partial charge in [-0.05, 0) is 80.4 Å². The number of hydrogen-bond acceptors (Lipinski definition) is 4. The smallest absolute Gasteiger partial charge is 0.225 e. The third kappa shape index (κ3) is 4.76. The van der Waals surface area contributed by atoms with E-state index in [1.807, 2.05) is 7.11 Å². The maximum Gasteiger partial charge on any atom is 0.225 e. The van der Waals surface area contributed by atoms with Gasteiger partial charge in [0, 0.05) is 51.9 Å². The molecule has 32 heavy (non-hydrogen) atoms. The number of carbonyl (C=O) groups is 1. The van der Waals surface area contributed by atoms with Crippen molar-refractivity contribution in [3.63, 3.8) is 0 Å². The standard InChI is InChI=1S/C27H40N2O3/c1-31-19-24-3-2-13-28(24)14-10-20-4-6-21(7-5-20)25-9-8-23-17-29(18-26(23)25)27(30)22-11-15-32-16-12-22/h4-7,22-26H,2-3,8-19H2,1H3/t23-,24+,25+,26+/m1/s1. The molecule has 4 fully saturated rings. The highest BCUT2D eigenvalue weighted by Gasteiger charge is 2.45. The molecule has 0 N–H and O–H groups in total. The highest BCUT2D eigenvalue weighted by molar-refractivity contribution is 5.79.